The van der Waals surface area contributed by atoms with Crippen molar-refractivity contribution >= 4 is 11.4 Å². The Morgan fingerprint density at radius 3 is 2.56 bits per heavy atom. The predicted molar refractivity (Wildman–Crippen MR) is 72.1 cm³/mol. The molecule has 2 aliphatic rings. The predicted octanol–water partition coefficient (Wildman–Crippen LogP) is 3.16. The lowest BCUT2D eigenvalue weighted by Gasteiger charge is -2.13. The zero-order valence-corrected chi connectivity index (χ0v) is 9.94. The van der Waals surface area contributed by atoms with Gasteiger partial charge in [-0.05, 0) is 29.3 Å². The lowest BCUT2D eigenvalue weighted by atomic mass is 10.1. The van der Waals surface area contributed by atoms with Crippen molar-refractivity contribution in [2.45, 2.75) is 12.6 Å². The molecule has 0 aliphatic carbocycles. The number of rotatable bonds is 1. The van der Waals surface area contributed by atoms with E-state index >= 15 is 0 Å². The molecule has 3 heteroatoms. The van der Waals surface area contributed by atoms with Crippen LogP contribution in [0.2, 0.25) is 0 Å². The van der Waals surface area contributed by atoms with Crippen LogP contribution in [-0.4, -0.2) is 6.61 Å². The molecule has 2 aromatic carbocycles. The summed E-state index contributed by atoms with van der Waals surface area (Å²) in [5.41, 5.74) is 4.84. The number of para-hydroxylation sites is 2. The smallest absolute Gasteiger partial charge is 0.123 e. The first kappa shape index (κ1) is 9.83. The maximum atomic E-state index is 5.62. The lowest BCUT2D eigenvalue weighted by Crippen LogP contribution is -2.12. The molecule has 0 spiro atoms. The number of ether oxygens (including phenoxy) is 1. The van der Waals surface area contributed by atoms with Gasteiger partial charge in [0.05, 0.1) is 18.0 Å². The van der Waals surface area contributed by atoms with Crippen LogP contribution in [0.3, 0.4) is 0 Å². The molecule has 90 valence electrons. The van der Waals surface area contributed by atoms with E-state index < -0.39 is 0 Å². The number of nitrogens with one attached hydrogen (secondary N) is 2. The van der Waals surface area contributed by atoms with Crippen LogP contribution in [0.15, 0.2) is 42.5 Å². The summed E-state index contributed by atoms with van der Waals surface area (Å²) in [6, 6.07) is 14.7. The van der Waals surface area contributed by atoms with Crippen molar-refractivity contribution in [3.63, 3.8) is 0 Å². The highest BCUT2D eigenvalue weighted by molar-refractivity contribution is 5.75. The van der Waals surface area contributed by atoms with E-state index in [-0.39, 0.29) is 6.17 Å². The van der Waals surface area contributed by atoms with Gasteiger partial charge in [-0.3, -0.25) is 0 Å². The number of benzene rings is 2. The largest absolute Gasteiger partial charge is 0.493 e. The second-order valence-corrected chi connectivity index (χ2v) is 4.73. The van der Waals surface area contributed by atoms with Gasteiger partial charge < -0.3 is 15.4 Å². The first-order chi connectivity index (χ1) is 8.90. The minimum Gasteiger partial charge on any atom is -0.493 e. The Morgan fingerprint density at radius 1 is 1.00 bits per heavy atom. The molecule has 4 rings (SSSR count). The standard InChI is InChI=1S/C15H14N2O/c1-2-4-13-12(3-1)16-15(17-13)11-6-5-10-7-8-18-14(10)9-11/h1-6,9,15-17H,7-8H2. The van der Waals surface area contributed by atoms with Gasteiger partial charge in [0.15, 0.2) is 0 Å². The van der Waals surface area contributed by atoms with E-state index in [4.69, 9.17) is 4.74 Å². The van der Waals surface area contributed by atoms with Crippen LogP contribution in [-0.2, 0) is 6.42 Å². The third-order valence-electron chi connectivity index (χ3n) is 3.58. The molecule has 0 fully saturated rings. The molecule has 2 aliphatic heterocycles. The molecule has 0 bridgehead atoms. The van der Waals surface area contributed by atoms with Crippen molar-refractivity contribution < 1.29 is 4.74 Å². The summed E-state index contributed by atoms with van der Waals surface area (Å²) in [6.45, 7) is 0.810. The highest BCUT2D eigenvalue weighted by Crippen LogP contribution is 2.36. The van der Waals surface area contributed by atoms with E-state index in [2.05, 4.69) is 41.0 Å². The van der Waals surface area contributed by atoms with Gasteiger partial charge in [-0.2, -0.15) is 0 Å². The Bertz CT molecular complexity index is 584. The molecule has 2 aromatic rings. The third-order valence-corrected chi connectivity index (χ3v) is 3.58. The highest BCUT2D eigenvalue weighted by atomic mass is 16.5. The van der Waals surface area contributed by atoms with Crippen LogP contribution in [0.25, 0.3) is 0 Å². The molecule has 3 nitrogen and oxygen atoms in total. The Balaban J connectivity index is 1.66. The number of hydrogen-bond acceptors (Lipinski definition) is 3. The van der Waals surface area contributed by atoms with Crippen molar-refractivity contribution in [3.05, 3.63) is 53.6 Å². The SMILES string of the molecule is c1ccc2c(c1)NC(c1ccc3c(c1)OCC3)N2. The van der Waals surface area contributed by atoms with Crippen LogP contribution in [0.4, 0.5) is 11.4 Å². The second kappa shape index (κ2) is 3.67. The average Bonchev–Trinajstić information content (AvgIpc) is 3.04. The molecular formula is C15H14N2O. The quantitative estimate of drug-likeness (QED) is 0.800. The van der Waals surface area contributed by atoms with E-state index in [1.807, 2.05) is 12.1 Å². The molecule has 2 N–H and O–H groups in total. The fraction of sp³-hybridized carbons (Fsp3) is 0.200. The van der Waals surface area contributed by atoms with Gasteiger partial charge >= 0.3 is 0 Å². The van der Waals surface area contributed by atoms with E-state index in [9.17, 15) is 0 Å². The summed E-state index contributed by atoms with van der Waals surface area (Å²) < 4.78 is 5.62. The molecule has 18 heavy (non-hydrogen) atoms. The molecular weight excluding hydrogens is 224 g/mol. The van der Waals surface area contributed by atoms with E-state index in [1.165, 1.54) is 11.1 Å². The fourth-order valence-corrected chi connectivity index (χ4v) is 2.61. The molecule has 0 amide bonds. The zero-order chi connectivity index (χ0) is 11.9. The topological polar surface area (TPSA) is 33.3 Å². The molecule has 0 aromatic heterocycles. The molecule has 0 saturated carbocycles. The average molecular weight is 238 g/mol. The van der Waals surface area contributed by atoms with Crippen LogP contribution < -0.4 is 15.4 Å². The van der Waals surface area contributed by atoms with E-state index in [0.29, 0.717) is 0 Å². The minimum absolute atomic E-state index is 0.136. The summed E-state index contributed by atoms with van der Waals surface area (Å²) in [6.07, 6.45) is 1.17. The summed E-state index contributed by atoms with van der Waals surface area (Å²) in [5.74, 6) is 1.03. The van der Waals surface area contributed by atoms with Gasteiger partial charge in [0, 0.05) is 6.42 Å². The Kier molecular flexibility index (Phi) is 2.00. The summed E-state index contributed by atoms with van der Waals surface area (Å²) in [7, 11) is 0. The monoisotopic (exact) mass is 238 g/mol. The van der Waals surface area contributed by atoms with Crippen molar-refractivity contribution in [2.75, 3.05) is 17.2 Å². The van der Waals surface area contributed by atoms with Crippen molar-refractivity contribution in [2.24, 2.45) is 0 Å². The van der Waals surface area contributed by atoms with Crippen LogP contribution in [0, 0.1) is 0 Å². The van der Waals surface area contributed by atoms with Gasteiger partial charge in [0.2, 0.25) is 0 Å². The first-order valence-electron chi connectivity index (χ1n) is 6.28. The van der Waals surface area contributed by atoms with Gasteiger partial charge in [0.25, 0.3) is 0 Å². The van der Waals surface area contributed by atoms with E-state index in [0.717, 1.165) is 30.2 Å². The van der Waals surface area contributed by atoms with Crippen molar-refractivity contribution in [3.8, 4) is 5.75 Å². The maximum absolute atomic E-state index is 5.62. The van der Waals surface area contributed by atoms with Gasteiger partial charge in [-0.15, -0.1) is 0 Å². The van der Waals surface area contributed by atoms with Crippen LogP contribution in [0.1, 0.15) is 17.3 Å². The highest BCUT2D eigenvalue weighted by Gasteiger charge is 2.22. The normalized spacial score (nSPS) is 16.4. The van der Waals surface area contributed by atoms with Crippen molar-refractivity contribution in [1.82, 2.24) is 0 Å². The van der Waals surface area contributed by atoms with Gasteiger partial charge in [-0.1, -0.05) is 24.3 Å². The Morgan fingerprint density at radius 2 is 1.78 bits per heavy atom. The fourth-order valence-electron chi connectivity index (χ4n) is 2.61. The molecule has 0 atom stereocenters. The number of hydrogen-bond donors (Lipinski definition) is 2. The lowest BCUT2D eigenvalue weighted by molar-refractivity contribution is 0.356. The molecule has 0 unspecified atom stereocenters. The first-order valence-corrected chi connectivity index (χ1v) is 6.28. The van der Waals surface area contributed by atoms with Gasteiger partial charge in [-0.25, -0.2) is 0 Å². The van der Waals surface area contributed by atoms with Gasteiger partial charge in [0.1, 0.15) is 11.9 Å². The molecule has 2 heterocycles. The summed E-state index contributed by atoms with van der Waals surface area (Å²) >= 11 is 0. The molecule has 0 radical (unpaired) electrons. The number of fused-ring (bicyclic) bond motifs is 2. The summed E-state index contributed by atoms with van der Waals surface area (Å²) in [4.78, 5) is 0. The number of anilines is 2. The minimum atomic E-state index is 0.136. The molecule has 0 saturated heterocycles. The van der Waals surface area contributed by atoms with E-state index in [1.54, 1.807) is 0 Å². The zero-order valence-electron chi connectivity index (χ0n) is 9.94. The van der Waals surface area contributed by atoms with Crippen LogP contribution in [0.5, 0.6) is 5.75 Å². The maximum Gasteiger partial charge on any atom is 0.123 e. The Labute approximate surface area is 106 Å². The summed E-state index contributed by atoms with van der Waals surface area (Å²) in [5, 5.41) is 6.95. The third kappa shape index (κ3) is 1.44. The van der Waals surface area contributed by atoms with Crippen molar-refractivity contribution in [1.29, 1.82) is 0 Å². The Hall–Kier alpha value is -2.16. The van der Waals surface area contributed by atoms with Crippen LogP contribution >= 0.6 is 0 Å². The second-order valence-electron chi connectivity index (χ2n) is 4.73.